The highest BCUT2D eigenvalue weighted by Crippen LogP contribution is 2.44. The van der Waals surface area contributed by atoms with E-state index in [0.29, 0.717) is 22.8 Å². The Kier molecular flexibility index (Phi) is 13.2. The average molecular weight is 841 g/mol. The molecule has 0 N–H and O–H groups in total. The molecule has 0 aliphatic heterocycles. The zero-order chi connectivity index (χ0) is 42.9. The molecule has 0 saturated heterocycles. The Balaban J connectivity index is 1.48. The zero-order valence-electron chi connectivity index (χ0n) is 36.1. The molecule has 0 aromatic heterocycles. The van der Waals surface area contributed by atoms with Crippen LogP contribution in [0.2, 0.25) is 10.1 Å². The number of carbonyl (C=O) groups is 1. The molecular weight excluding hydrogens is 785 g/mol. The van der Waals surface area contributed by atoms with Crippen LogP contribution in [0.5, 0.6) is 17.2 Å². The Bertz CT molecular complexity index is 2390. The van der Waals surface area contributed by atoms with Gasteiger partial charge in [0, 0.05) is 12.1 Å². The number of ketones is 1. The van der Waals surface area contributed by atoms with Crippen molar-refractivity contribution in [3.05, 3.63) is 211 Å². The van der Waals surface area contributed by atoms with Crippen LogP contribution in [0.1, 0.15) is 63.0 Å². The lowest BCUT2D eigenvalue weighted by molar-refractivity contribution is 0.0720. The van der Waals surface area contributed by atoms with Gasteiger partial charge in [0.05, 0.1) is 6.61 Å². The fourth-order valence-corrected chi connectivity index (χ4v) is 17.2. The summed E-state index contributed by atoms with van der Waals surface area (Å²) >= 11 is 0. The van der Waals surface area contributed by atoms with Crippen LogP contribution in [-0.2, 0) is 18.0 Å². The van der Waals surface area contributed by atoms with E-state index < -0.39 is 21.7 Å². The van der Waals surface area contributed by atoms with Gasteiger partial charge in [-0.2, -0.15) is 0 Å². The molecule has 61 heavy (non-hydrogen) atoms. The van der Waals surface area contributed by atoms with Gasteiger partial charge in [-0.15, -0.1) is 0 Å². The Morgan fingerprint density at radius 1 is 0.443 bits per heavy atom. The number of Topliss-reactive ketones (excluding diaryl/α,β-unsaturated/α-hetero) is 1. The molecule has 5 nitrogen and oxygen atoms in total. The van der Waals surface area contributed by atoms with Crippen molar-refractivity contribution in [2.24, 2.45) is 0 Å². The fourth-order valence-electron chi connectivity index (χ4n) is 8.38. The molecular formula is C54H56O5Si2. The van der Waals surface area contributed by atoms with Gasteiger partial charge in [0.1, 0.15) is 36.0 Å². The van der Waals surface area contributed by atoms with Gasteiger partial charge in [-0.05, 0) is 42.0 Å². The maximum Gasteiger partial charge on any atom is 0.319 e. The molecule has 0 saturated carbocycles. The van der Waals surface area contributed by atoms with Crippen molar-refractivity contribution >= 4 is 43.2 Å². The Morgan fingerprint density at radius 3 is 1.18 bits per heavy atom. The summed E-state index contributed by atoms with van der Waals surface area (Å²) in [5, 5.41) is 3.68. The lowest BCUT2D eigenvalue weighted by Gasteiger charge is -2.44. The van der Waals surface area contributed by atoms with Crippen LogP contribution >= 0.6 is 0 Å². The predicted molar refractivity (Wildman–Crippen MR) is 254 cm³/mol. The Morgan fingerprint density at radius 2 is 0.787 bits per heavy atom. The summed E-state index contributed by atoms with van der Waals surface area (Å²) in [5.74, 6) is 1.10. The van der Waals surface area contributed by atoms with Gasteiger partial charge in [-0.1, -0.05) is 224 Å². The van der Waals surface area contributed by atoms with Crippen LogP contribution in [0.4, 0.5) is 0 Å². The molecule has 7 heteroatoms. The van der Waals surface area contributed by atoms with Gasteiger partial charge in [0.2, 0.25) is 0 Å². The molecule has 0 heterocycles. The number of ether oxygens (including phenoxy) is 2. The number of hydrogen-bond acceptors (Lipinski definition) is 5. The Hall–Kier alpha value is -6.00. The molecule has 0 bridgehead atoms. The van der Waals surface area contributed by atoms with E-state index in [1.807, 2.05) is 97.1 Å². The first-order chi connectivity index (χ1) is 29.4. The van der Waals surface area contributed by atoms with E-state index in [2.05, 4.69) is 139 Å². The van der Waals surface area contributed by atoms with E-state index in [1.54, 1.807) is 0 Å². The molecule has 0 spiro atoms. The highest BCUT2D eigenvalue weighted by Gasteiger charge is 2.54. The summed E-state index contributed by atoms with van der Waals surface area (Å²) in [6.45, 7) is 13.8. The SMILES string of the molecule is CC(C)(C)[Si](Oc1cc(OCc2ccccc2)c(C(=O)COCc2ccccc2)c(O[Si](c2ccccc2)(c2ccccc2)C(C)(C)C)c1)(c1ccccc1)c1ccccc1. The molecule has 7 aromatic carbocycles. The standard InChI is InChI=1S/C54H56O5Si2/c1-53(2,3)60(45-29-17-9-18-30-45,46-31-19-10-20-32-46)58-44-37-50(57-40-43-27-15-8-16-28-43)52(49(55)41-56-39-42-25-13-7-14-26-42)51(38-44)59-61(54(4,5)6,47-33-21-11-22-34-47)48-35-23-12-24-36-48/h7-38H,39-41H2,1-6H3. The van der Waals surface area contributed by atoms with Crippen LogP contribution < -0.4 is 34.3 Å². The van der Waals surface area contributed by atoms with Gasteiger partial charge >= 0.3 is 16.6 Å². The molecule has 0 amide bonds. The van der Waals surface area contributed by atoms with E-state index in [-0.39, 0.29) is 30.6 Å². The molecule has 310 valence electrons. The van der Waals surface area contributed by atoms with E-state index in [0.717, 1.165) is 31.9 Å². The maximum atomic E-state index is 15.0. The van der Waals surface area contributed by atoms with Crippen LogP contribution in [-0.4, -0.2) is 29.0 Å². The number of benzene rings is 7. The fraction of sp³-hybridized carbons (Fsp3) is 0.204. The first-order valence-electron chi connectivity index (χ1n) is 21.0. The number of hydrogen-bond donors (Lipinski definition) is 0. The van der Waals surface area contributed by atoms with Crippen LogP contribution in [0.25, 0.3) is 0 Å². The lowest BCUT2D eigenvalue weighted by atomic mass is 10.1. The van der Waals surface area contributed by atoms with Crippen molar-refractivity contribution in [2.45, 2.75) is 64.8 Å². The van der Waals surface area contributed by atoms with Gasteiger partial charge < -0.3 is 18.3 Å². The Labute approximate surface area is 364 Å². The summed E-state index contributed by atoms with van der Waals surface area (Å²) in [5.41, 5.74) is 2.27. The minimum atomic E-state index is -3.30. The predicted octanol–water partition coefficient (Wildman–Crippen LogP) is 10.5. The molecule has 7 aromatic rings. The largest absolute Gasteiger partial charge is 0.534 e. The summed E-state index contributed by atoms with van der Waals surface area (Å²) in [6.07, 6.45) is 0. The van der Waals surface area contributed by atoms with E-state index in [4.69, 9.17) is 18.3 Å². The monoisotopic (exact) mass is 840 g/mol. The van der Waals surface area contributed by atoms with Crippen molar-refractivity contribution < 1.29 is 23.1 Å². The first kappa shape index (κ1) is 43.1. The highest BCUT2D eigenvalue weighted by atomic mass is 28.4. The lowest BCUT2D eigenvalue weighted by Crippen LogP contribution is -2.69. The molecule has 0 aliphatic carbocycles. The first-order valence-corrected chi connectivity index (χ1v) is 24.8. The third kappa shape index (κ3) is 9.35. The van der Waals surface area contributed by atoms with E-state index in [1.165, 1.54) is 0 Å². The molecule has 7 rings (SSSR count). The minimum absolute atomic E-state index is 0.178. The van der Waals surface area contributed by atoms with Crippen LogP contribution in [0.3, 0.4) is 0 Å². The molecule has 0 aliphatic rings. The normalized spacial score (nSPS) is 12.1. The topological polar surface area (TPSA) is 54.0 Å². The van der Waals surface area contributed by atoms with Crippen molar-refractivity contribution in [3.8, 4) is 17.2 Å². The molecule has 0 radical (unpaired) electrons. The molecule has 0 atom stereocenters. The van der Waals surface area contributed by atoms with Crippen molar-refractivity contribution in [2.75, 3.05) is 6.61 Å². The van der Waals surface area contributed by atoms with Crippen LogP contribution in [0, 0.1) is 0 Å². The summed E-state index contributed by atoms with van der Waals surface area (Å²) in [4.78, 5) is 15.0. The third-order valence-corrected chi connectivity index (χ3v) is 21.1. The number of carbonyl (C=O) groups excluding carboxylic acids is 1. The maximum absolute atomic E-state index is 15.0. The van der Waals surface area contributed by atoms with Crippen LogP contribution in [0.15, 0.2) is 194 Å². The smallest absolute Gasteiger partial charge is 0.319 e. The second-order valence-corrected chi connectivity index (χ2v) is 25.9. The second-order valence-electron chi connectivity index (χ2n) is 17.5. The quantitative estimate of drug-likeness (QED) is 0.0717. The van der Waals surface area contributed by atoms with Crippen molar-refractivity contribution in [3.63, 3.8) is 0 Å². The van der Waals surface area contributed by atoms with Gasteiger partial charge in [0.25, 0.3) is 0 Å². The van der Waals surface area contributed by atoms with Crippen molar-refractivity contribution in [1.29, 1.82) is 0 Å². The molecule has 0 fully saturated rings. The highest BCUT2D eigenvalue weighted by molar-refractivity contribution is 7.00. The summed E-state index contributed by atoms with van der Waals surface area (Å²) < 4.78 is 28.5. The second kappa shape index (κ2) is 18.7. The van der Waals surface area contributed by atoms with E-state index in [9.17, 15) is 4.79 Å². The van der Waals surface area contributed by atoms with E-state index >= 15 is 0 Å². The van der Waals surface area contributed by atoms with Gasteiger partial charge in [-0.25, -0.2) is 0 Å². The molecule has 0 unspecified atom stereocenters. The third-order valence-electron chi connectivity index (χ3n) is 11.3. The summed E-state index contributed by atoms with van der Waals surface area (Å²) in [6, 6.07) is 65.8. The average Bonchev–Trinajstić information content (AvgIpc) is 3.27. The number of rotatable bonds is 16. The van der Waals surface area contributed by atoms with Gasteiger partial charge in [-0.3, -0.25) is 4.79 Å². The minimum Gasteiger partial charge on any atom is -0.534 e. The van der Waals surface area contributed by atoms with Crippen molar-refractivity contribution in [1.82, 2.24) is 0 Å². The zero-order valence-corrected chi connectivity index (χ0v) is 38.1. The van der Waals surface area contributed by atoms with Gasteiger partial charge in [0.15, 0.2) is 5.78 Å². The summed E-state index contributed by atoms with van der Waals surface area (Å²) in [7, 11) is -6.46.